The lowest BCUT2D eigenvalue weighted by Gasteiger charge is -2.37. The summed E-state index contributed by atoms with van der Waals surface area (Å²) in [6.45, 7) is 4.01. The first-order valence-electron chi connectivity index (χ1n) is 5.39. The fourth-order valence-electron chi connectivity index (χ4n) is 1.78. The largest absolute Gasteiger partial charge is 0.492 e. The van der Waals surface area contributed by atoms with E-state index in [0.29, 0.717) is 12.5 Å². The maximum absolute atomic E-state index is 8.85. The van der Waals surface area contributed by atoms with Crippen LogP contribution >= 0.6 is 0 Å². The van der Waals surface area contributed by atoms with Crippen molar-refractivity contribution >= 4 is 0 Å². The van der Waals surface area contributed by atoms with Crippen LogP contribution in [0.2, 0.25) is 0 Å². The average Bonchev–Trinajstić information content (AvgIpc) is 2.23. The Morgan fingerprint density at radius 3 is 2.67 bits per heavy atom. The van der Waals surface area contributed by atoms with Gasteiger partial charge in [0.25, 0.3) is 0 Å². The summed E-state index contributed by atoms with van der Waals surface area (Å²) in [4.78, 5) is 2.30. The molecule has 0 atom stereocenters. The van der Waals surface area contributed by atoms with Crippen LogP contribution in [0.15, 0.2) is 30.3 Å². The summed E-state index contributed by atoms with van der Waals surface area (Å²) in [6, 6.07) is 9.86. The predicted octanol–water partition coefficient (Wildman–Crippen LogP) is 0.989. The Bertz CT molecular complexity index is 283. The first kappa shape index (κ1) is 10.5. The van der Waals surface area contributed by atoms with Crippen molar-refractivity contribution in [1.82, 2.24) is 4.90 Å². The molecule has 0 aliphatic carbocycles. The van der Waals surface area contributed by atoms with Crippen molar-refractivity contribution in [2.75, 3.05) is 32.8 Å². The predicted molar refractivity (Wildman–Crippen MR) is 59.0 cm³/mol. The van der Waals surface area contributed by atoms with Crippen LogP contribution in [0.1, 0.15) is 0 Å². The molecule has 1 N–H and O–H groups in total. The molecule has 2 rings (SSSR count). The third-order valence-corrected chi connectivity index (χ3v) is 2.71. The van der Waals surface area contributed by atoms with E-state index in [1.807, 2.05) is 30.3 Å². The first-order chi connectivity index (χ1) is 7.38. The molecule has 0 radical (unpaired) electrons. The highest BCUT2D eigenvalue weighted by Crippen LogP contribution is 2.14. The fourth-order valence-corrected chi connectivity index (χ4v) is 1.78. The minimum absolute atomic E-state index is 0.316. The maximum atomic E-state index is 8.85. The number of para-hydroxylation sites is 1. The molecular weight excluding hydrogens is 190 g/mol. The van der Waals surface area contributed by atoms with E-state index >= 15 is 0 Å². The average molecular weight is 207 g/mol. The van der Waals surface area contributed by atoms with Crippen LogP contribution in [0.5, 0.6) is 5.75 Å². The number of aliphatic hydroxyl groups is 1. The highest BCUT2D eigenvalue weighted by molar-refractivity contribution is 5.20. The van der Waals surface area contributed by atoms with Gasteiger partial charge in [-0.3, -0.25) is 4.90 Å². The Labute approximate surface area is 90.3 Å². The zero-order valence-electron chi connectivity index (χ0n) is 8.80. The summed E-state index contributed by atoms with van der Waals surface area (Å²) in [7, 11) is 0. The van der Waals surface area contributed by atoms with Gasteiger partial charge in [-0.1, -0.05) is 18.2 Å². The Morgan fingerprint density at radius 1 is 1.27 bits per heavy atom. The standard InChI is InChI=1S/C12H17NO2/c14-10-11-8-13(9-11)6-7-15-12-4-2-1-3-5-12/h1-5,11,14H,6-10H2. The lowest BCUT2D eigenvalue weighted by atomic mass is 10.0. The molecule has 1 heterocycles. The summed E-state index contributed by atoms with van der Waals surface area (Å²) in [5.41, 5.74) is 0. The van der Waals surface area contributed by atoms with Crippen LogP contribution in [-0.2, 0) is 0 Å². The normalized spacial score (nSPS) is 17.4. The molecule has 1 aliphatic rings. The van der Waals surface area contributed by atoms with Gasteiger partial charge in [0.05, 0.1) is 0 Å². The summed E-state index contributed by atoms with van der Waals surface area (Å²) in [5, 5.41) is 8.85. The van der Waals surface area contributed by atoms with Crippen molar-refractivity contribution < 1.29 is 9.84 Å². The second-order valence-electron chi connectivity index (χ2n) is 3.97. The molecule has 3 nitrogen and oxygen atoms in total. The number of ether oxygens (including phenoxy) is 1. The highest BCUT2D eigenvalue weighted by Gasteiger charge is 2.24. The van der Waals surface area contributed by atoms with E-state index in [-0.39, 0.29) is 0 Å². The molecule has 15 heavy (non-hydrogen) atoms. The van der Waals surface area contributed by atoms with E-state index in [9.17, 15) is 0 Å². The van der Waals surface area contributed by atoms with E-state index in [1.165, 1.54) is 0 Å². The van der Waals surface area contributed by atoms with Crippen molar-refractivity contribution in [3.05, 3.63) is 30.3 Å². The SMILES string of the molecule is OCC1CN(CCOc2ccccc2)C1. The van der Waals surface area contributed by atoms with Gasteiger partial charge >= 0.3 is 0 Å². The van der Waals surface area contributed by atoms with Crippen LogP contribution in [0.3, 0.4) is 0 Å². The van der Waals surface area contributed by atoms with Crippen LogP contribution in [-0.4, -0.2) is 42.9 Å². The van der Waals surface area contributed by atoms with Crippen LogP contribution in [0.4, 0.5) is 0 Å². The van der Waals surface area contributed by atoms with Crippen molar-refractivity contribution in [3.63, 3.8) is 0 Å². The topological polar surface area (TPSA) is 32.7 Å². The summed E-state index contributed by atoms with van der Waals surface area (Å²) in [5.74, 6) is 1.42. The van der Waals surface area contributed by atoms with E-state index in [0.717, 1.165) is 32.0 Å². The van der Waals surface area contributed by atoms with Gasteiger partial charge in [0.2, 0.25) is 0 Å². The molecule has 0 amide bonds. The molecule has 1 aromatic rings. The minimum Gasteiger partial charge on any atom is -0.492 e. The van der Waals surface area contributed by atoms with Gasteiger partial charge in [-0.25, -0.2) is 0 Å². The summed E-state index contributed by atoms with van der Waals surface area (Å²) in [6.07, 6.45) is 0. The Hall–Kier alpha value is -1.06. The Kier molecular flexibility index (Phi) is 3.59. The molecule has 1 saturated heterocycles. The van der Waals surface area contributed by atoms with Gasteiger partial charge in [-0.05, 0) is 12.1 Å². The monoisotopic (exact) mass is 207 g/mol. The molecule has 0 unspecified atom stereocenters. The van der Waals surface area contributed by atoms with Crippen molar-refractivity contribution in [3.8, 4) is 5.75 Å². The fraction of sp³-hybridized carbons (Fsp3) is 0.500. The lowest BCUT2D eigenvalue weighted by Crippen LogP contribution is -2.49. The first-order valence-corrected chi connectivity index (χ1v) is 5.39. The van der Waals surface area contributed by atoms with E-state index in [1.54, 1.807) is 0 Å². The molecule has 0 bridgehead atoms. The highest BCUT2D eigenvalue weighted by atomic mass is 16.5. The van der Waals surface area contributed by atoms with E-state index in [4.69, 9.17) is 9.84 Å². The summed E-state index contributed by atoms with van der Waals surface area (Å²) >= 11 is 0. The Balaban J connectivity index is 1.60. The Morgan fingerprint density at radius 2 is 2.00 bits per heavy atom. The molecule has 3 heteroatoms. The third kappa shape index (κ3) is 2.94. The zero-order valence-corrected chi connectivity index (χ0v) is 8.80. The molecule has 1 fully saturated rings. The van der Waals surface area contributed by atoms with Crippen LogP contribution in [0, 0.1) is 5.92 Å². The number of aliphatic hydroxyl groups excluding tert-OH is 1. The molecule has 0 saturated carbocycles. The van der Waals surface area contributed by atoms with Gasteiger partial charge in [0, 0.05) is 32.2 Å². The van der Waals surface area contributed by atoms with Crippen molar-refractivity contribution in [1.29, 1.82) is 0 Å². The molecule has 0 aromatic heterocycles. The van der Waals surface area contributed by atoms with Crippen molar-refractivity contribution in [2.45, 2.75) is 0 Å². The number of likely N-dealkylation sites (tertiary alicyclic amines) is 1. The minimum atomic E-state index is 0.316. The maximum Gasteiger partial charge on any atom is 0.119 e. The van der Waals surface area contributed by atoms with Crippen LogP contribution < -0.4 is 4.74 Å². The number of nitrogens with zero attached hydrogens (tertiary/aromatic N) is 1. The quantitative estimate of drug-likeness (QED) is 0.781. The van der Waals surface area contributed by atoms with Gasteiger partial charge in [0.1, 0.15) is 12.4 Å². The number of benzene rings is 1. The smallest absolute Gasteiger partial charge is 0.119 e. The third-order valence-electron chi connectivity index (χ3n) is 2.71. The van der Waals surface area contributed by atoms with Gasteiger partial charge < -0.3 is 9.84 Å². The van der Waals surface area contributed by atoms with Crippen molar-refractivity contribution in [2.24, 2.45) is 5.92 Å². The number of hydrogen-bond donors (Lipinski definition) is 1. The zero-order chi connectivity index (χ0) is 10.5. The molecule has 82 valence electrons. The molecule has 1 aliphatic heterocycles. The van der Waals surface area contributed by atoms with E-state index < -0.39 is 0 Å². The lowest BCUT2D eigenvalue weighted by molar-refractivity contribution is 0.0439. The molecule has 1 aromatic carbocycles. The second-order valence-corrected chi connectivity index (χ2v) is 3.97. The van der Waals surface area contributed by atoms with Gasteiger partial charge in [-0.15, -0.1) is 0 Å². The number of hydrogen-bond acceptors (Lipinski definition) is 3. The molecular formula is C12H17NO2. The summed E-state index contributed by atoms with van der Waals surface area (Å²) < 4.78 is 5.58. The van der Waals surface area contributed by atoms with Crippen LogP contribution in [0.25, 0.3) is 0 Å². The number of rotatable bonds is 5. The van der Waals surface area contributed by atoms with Gasteiger partial charge in [-0.2, -0.15) is 0 Å². The molecule has 0 spiro atoms. The van der Waals surface area contributed by atoms with Gasteiger partial charge in [0.15, 0.2) is 0 Å². The van der Waals surface area contributed by atoms with E-state index in [2.05, 4.69) is 4.90 Å². The second kappa shape index (κ2) is 5.14.